The van der Waals surface area contributed by atoms with E-state index < -0.39 is 24.6 Å². The lowest BCUT2D eigenvalue weighted by Gasteiger charge is -2.45. The molecule has 1 fully saturated rings. The molecule has 0 unspecified atom stereocenters. The van der Waals surface area contributed by atoms with Crippen molar-refractivity contribution >= 4 is 42.4 Å². The summed E-state index contributed by atoms with van der Waals surface area (Å²) in [5, 5.41) is 0.399. The average Bonchev–Trinajstić information content (AvgIpc) is 3.37. The molecule has 4 aromatic rings. The number of nitrogens with two attached hydrogens (primary N) is 1. The lowest BCUT2D eigenvalue weighted by molar-refractivity contribution is 0.0482. The largest absolute Gasteiger partial charge is 0.486 e. The maximum Gasteiger partial charge on any atom is 0.269 e. The zero-order valence-electron chi connectivity index (χ0n) is 23.0. The third-order valence-corrected chi connectivity index (χ3v) is 11.5. The molecule has 14 heteroatoms. The van der Waals surface area contributed by atoms with Gasteiger partial charge in [0.25, 0.3) is 10.0 Å². The molecule has 2 aliphatic rings. The summed E-state index contributed by atoms with van der Waals surface area (Å²) in [5.74, 6) is 0.870. The molecule has 41 heavy (non-hydrogen) atoms. The third-order valence-electron chi connectivity index (χ3n) is 7.78. The fourth-order valence-electron chi connectivity index (χ4n) is 5.25. The van der Waals surface area contributed by atoms with Gasteiger partial charge < -0.3 is 20.1 Å². The van der Waals surface area contributed by atoms with Crippen LogP contribution >= 0.6 is 0 Å². The van der Waals surface area contributed by atoms with Gasteiger partial charge in [0.2, 0.25) is 0 Å². The second-order valence-electron chi connectivity index (χ2n) is 10.8. The Hall–Kier alpha value is -3.75. The molecule has 2 atom stereocenters. The monoisotopic (exact) mass is 598 g/mol. The summed E-state index contributed by atoms with van der Waals surface area (Å²) in [6.07, 6.45) is 3.92. The van der Waals surface area contributed by atoms with Crippen molar-refractivity contribution < 1.29 is 26.3 Å². The van der Waals surface area contributed by atoms with E-state index in [9.17, 15) is 16.8 Å². The van der Waals surface area contributed by atoms with Crippen molar-refractivity contribution in [3.63, 3.8) is 0 Å². The molecule has 1 aromatic carbocycles. The molecule has 2 aliphatic heterocycles. The van der Waals surface area contributed by atoms with Crippen molar-refractivity contribution in [2.45, 2.75) is 42.5 Å². The van der Waals surface area contributed by atoms with Crippen LogP contribution in [0.3, 0.4) is 0 Å². The van der Waals surface area contributed by atoms with E-state index in [4.69, 9.17) is 25.2 Å². The molecule has 5 heterocycles. The highest BCUT2D eigenvalue weighted by Gasteiger charge is 2.44. The van der Waals surface area contributed by atoms with Crippen LogP contribution in [0.15, 0.2) is 53.7 Å². The predicted octanol–water partition coefficient (Wildman–Crippen LogP) is 2.58. The van der Waals surface area contributed by atoms with Gasteiger partial charge in [0.05, 0.1) is 47.6 Å². The van der Waals surface area contributed by atoms with Gasteiger partial charge in [-0.1, -0.05) is 18.2 Å². The van der Waals surface area contributed by atoms with Crippen molar-refractivity contribution in [2.75, 3.05) is 36.7 Å². The summed E-state index contributed by atoms with van der Waals surface area (Å²) in [5.41, 5.74) is 7.32. The van der Waals surface area contributed by atoms with Crippen LogP contribution in [0.2, 0.25) is 0 Å². The Kier molecular flexibility index (Phi) is 6.28. The highest BCUT2D eigenvalue weighted by molar-refractivity contribution is 7.91. The standard InChI is InChI=1S/C27H30N6O6S2/c1-16-13-38-14-17-15-39-22-23(27(2,3)40(4,34)35)30-24(31-26(22)33(16)17)21-19-10-11-32(25(19)29-12-20(21)28)41(36,37)18-8-6-5-7-9-18/h5-12,16-17H,13-15,28H2,1-4H3/t16-,17-/m1/s1. The van der Waals surface area contributed by atoms with Gasteiger partial charge in [-0.3, -0.25) is 0 Å². The molecule has 0 aliphatic carbocycles. The van der Waals surface area contributed by atoms with E-state index in [-0.39, 0.29) is 46.4 Å². The lowest BCUT2D eigenvalue weighted by Crippen LogP contribution is -2.56. The first kappa shape index (κ1) is 27.4. The van der Waals surface area contributed by atoms with Gasteiger partial charge in [-0.2, -0.15) is 0 Å². The van der Waals surface area contributed by atoms with E-state index in [2.05, 4.69) is 9.88 Å². The van der Waals surface area contributed by atoms with E-state index in [1.807, 2.05) is 6.92 Å². The smallest absolute Gasteiger partial charge is 0.269 e. The van der Waals surface area contributed by atoms with Gasteiger partial charge in [-0.05, 0) is 39.0 Å². The summed E-state index contributed by atoms with van der Waals surface area (Å²) < 4.78 is 64.5. The summed E-state index contributed by atoms with van der Waals surface area (Å²) in [6.45, 7) is 6.31. The molecular weight excluding hydrogens is 568 g/mol. The molecule has 1 saturated heterocycles. The highest BCUT2D eigenvalue weighted by Crippen LogP contribution is 2.45. The van der Waals surface area contributed by atoms with E-state index >= 15 is 0 Å². The van der Waals surface area contributed by atoms with Crippen LogP contribution in [0.5, 0.6) is 5.75 Å². The maximum absolute atomic E-state index is 13.5. The first-order valence-corrected chi connectivity index (χ1v) is 16.3. The van der Waals surface area contributed by atoms with Crippen LogP contribution in [-0.2, 0) is 29.3 Å². The number of sulfone groups is 1. The fraction of sp³-hybridized carbons (Fsp3) is 0.370. The Labute approximate surface area is 238 Å². The maximum atomic E-state index is 13.5. The zero-order valence-corrected chi connectivity index (χ0v) is 24.6. The summed E-state index contributed by atoms with van der Waals surface area (Å²) in [6, 6.07) is 9.42. The number of morpholine rings is 1. The summed E-state index contributed by atoms with van der Waals surface area (Å²) >= 11 is 0. The van der Waals surface area contributed by atoms with Gasteiger partial charge in [0, 0.05) is 17.8 Å². The quantitative estimate of drug-likeness (QED) is 0.360. The van der Waals surface area contributed by atoms with Crippen LogP contribution in [-0.4, -0.2) is 73.9 Å². The van der Waals surface area contributed by atoms with Crippen LogP contribution in [0.4, 0.5) is 11.5 Å². The van der Waals surface area contributed by atoms with E-state index in [1.54, 1.807) is 38.1 Å². The molecule has 0 bridgehead atoms. The Morgan fingerprint density at radius 1 is 1.02 bits per heavy atom. The number of ether oxygens (including phenoxy) is 2. The zero-order chi connectivity index (χ0) is 29.3. The SMILES string of the molecule is C[C@@H]1COC[C@@H]2COc3c(nc(-c4c(N)cnc5c4ccn5S(=O)(=O)c4ccccc4)nc3C(C)(C)S(C)(=O)=O)N21. The second kappa shape index (κ2) is 9.39. The molecule has 0 amide bonds. The molecule has 12 nitrogen and oxygen atoms in total. The fourth-order valence-corrected chi connectivity index (χ4v) is 7.07. The second-order valence-corrected chi connectivity index (χ2v) is 15.2. The number of hydrogen-bond acceptors (Lipinski definition) is 11. The molecule has 0 radical (unpaired) electrons. The van der Waals surface area contributed by atoms with Crippen molar-refractivity contribution in [3.05, 3.63) is 54.5 Å². The van der Waals surface area contributed by atoms with Gasteiger partial charge in [0.15, 0.2) is 32.9 Å². The molecule has 6 rings (SSSR count). The van der Waals surface area contributed by atoms with E-state index in [0.29, 0.717) is 35.7 Å². The van der Waals surface area contributed by atoms with Crippen LogP contribution < -0.4 is 15.4 Å². The average molecular weight is 599 g/mol. The Morgan fingerprint density at radius 3 is 2.46 bits per heavy atom. The topological polar surface area (TPSA) is 160 Å². The van der Waals surface area contributed by atoms with E-state index in [0.717, 1.165) is 10.2 Å². The normalized spacial score (nSPS) is 19.5. The molecule has 0 saturated carbocycles. The van der Waals surface area contributed by atoms with Gasteiger partial charge >= 0.3 is 0 Å². The number of rotatable bonds is 5. The Morgan fingerprint density at radius 2 is 1.76 bits per heavy atom. The Balaban J connectivity index is 1.63. The molecule has 2 N–H and O–H groups in total. The Bertz CT molecular complexity index is 1890. The number of nitrogens with zero attached hydrogens (tertiary/aromatic N) is 5. The highest BCUT2D eigenvalue weighted by atomic mass is 32.2. The van der Waals surface area contributed by atoms with Crippen molar-refractivity contribution in [1.29, 1.82) is 0 Å². The number of hydrogen-bond donors (Lipinski definition) is 1. The molecular formula is C27H30N6O6S2. The predicted molar refractivity (Wildman–Crippen MR) is 154 cm³/mol. The number of pyridine rings is 1. The summed E-state index contributed by atoms with van der Waals surface area (Å²) in [4.78, 5) is 16.2. The summed E-state index contributed by atoms with van der Waals surface area (Å²) in [7, 11) is -7.64. The van der Waals surface area contributed by atoms with Crippen molar-refractivity contribution in [3.8, 4) is 17.1 Å². The van der Waals surface area contributed by atoms with Crippen molar-refractivity contribution in [2.24, 2.45) is 0 Å². The minimum absolute atomic E-state index is 0.0692. The first-order chi connectivity index (χ1) is 19.3. The van der Waals surface area contributed by atoms with Gasteiger partial charge in [0.1, 0.15) is 17.0 Å². The third kappa shape index (κ3) is 4.23. The van der Waals surface area contributed by atoms with E-state index in [1.165, 1.54) is 24.5 Å². The van der Waals surface area contributed by atoms with Crippen LogP contribution in [0, 0.1) is 0 Å². The first-order valence-electron chi connectivity index (χ1n) is 13.0. The minimum atomic E-state index is -3.97. The number of nitrogen functional groups attached to an aromatic ring is 1. The molecule has 3 aromatic heterocycles. The number of benzene rings is 1. The minimum Gasteiger partial charge on any atom is -0.486 e. The molecule has 216 valence electrons. The van der Waals surface area contributed by atoms with Gasteiger partial charge in [-0.25, -0.2) is 35.8 Å². The van der Waals surface area contributed by atoms with Gasteiger partial charge in [-0.15, -0.1) is 0 Å². The number of fused-ring (bicyclic) bond motifs is 4. The molecule has 0 spiro atoms. The number of aromatic nitrogens is 4. The lowest BCUT2D eigenvalue weighted by atomic mass is 10.0. The van der Waals surface area contributed by atoms with Crippen molar-refractivity contribution in [1.82, 2.24) is 18.9 Å². The van der Waals surface area contributed by atoms with Crippen LogP contribution in [0.1, 0.15) is 26.5 Å². The van der Waals surface area contributed by atoms with Crippen LogP contribution in [0.25, 0.3) is 22.4 Å². The number of anilines is 2.